The normalized spacial score (nSPS) is 10.3. The van der Waals surface area contributed by atoms with Crippen molar-refractivity contribution in [2.75, 3.05) is 0 Å². The molecule has 0 fully saturated rings. The lowest BCUT2D eigenvalue weighted by Gasteiger charge is -1.97. The maximum absolute atomic E-state index is 11.8. The highest BCUT2D eigenvalue weighted by atomic mass is 16.1. The number of hydrogen-bond donors (Lipinski definition) is 0. The van der Waals surface area contributed by atoms with E-state index in [0.29, 0.717) is 12.0 Å². The molecule has 0 aliphatic carbocycles. The summed E-state index contributed by atoms with van der Waals surface area (Å²) in [6.45, 7) is 0. The van der Waals surface area contributed by atoms with Crippen LogP contribution in [0.15, 0.2) is 60.7 Å². The van der Waals surface area contributed by atoms with Gasteiger partial charge in [0.05, 0.1) is 11.6 Å². The van der Waals surface area contributed by atoms with Crippen molar-refractivity contribution >= 4 is 11.9 Å². The summed E-state index contributed by atoms with van der Waals surface area (Å²) in [7, 11) is 0. The van der Waals surface area contributed by atoms with Crippen molar-refractivity contribution in [2.24, 2.45) is 0 Å². The Morgan fingerprint density at radius 1 is 1.05 bits per heavy atom. The first-order chi connectivity index (χ1) is 9.28. The number of rotatable bonds is 4. The maximum atomic E-state index is 11.8. The molecule has 0 spiro atoms. The van der Waals surface area contributed by atoms with E-state index in [1.54, 1.807) is 24.3 Å². The molecule has 0 heterocycles. The van der Waals surface area contributed by atoms with Gasteiger partial charge in [-0.2, -0.15) is 5.26 Å². The molecule has 0 aromatic heterocycles. The van der Waals surface area contributed by atoms with Crippen molar-refractivity contribution in [1.82, 2.24) is 0 Å². The Labute approximate surface area is 112 Å². The van der Waals surface area contributed by atoms with Crippen LogP contribution in [0, 0.1) is 11.3 Å². The van der Waals surface area contributed by atoms with Crippen LogP contribution in [-0.2, 0) is 11.2 Å². The molecule has 92 valence electrons. The van der Waals surface area contributed by atoms with Crippen LogP contribution < -0.4 is 0 Å². The molecule has 0 aliphatic heterocycles. The average Bonchev–Trinajstić information content (AvgIpc) is 2.47. The van der Waals surface area contributed by atoms with E-state index in [1.807, 2.05) is 42.5 Å². The minimum atomic E-state index is 0.0653. The Morgan fingerprint density at radius 2 is 1.74 bits per heavy atom. The van der Waals surface area contributed by atoms with Gasteiger partial charge in [-0.05, 0) is 29.3 Å². The summed E-state index contributed by atoms with van der Waals surface area (Å²) in [5, 5.41) is 8.69. The van der Waals surface area contributed by atoms with Gasteiger partial charge in [-0.15, -0.1) is 0 Å². The van der Waals surface area contributed by atoms with Crippen LogP contribution in [0.25, 0.3) is 6.08 Å². The van der Waals surface area contributed by atoms with Gasteiger partial charge in [0, 0.05) is 6.42 Å². The first-order valence-electron chi connectivity index (χ1n) is 6.03. The minimum absolute atomic E-state index is 0.0653. The number of allylic oxidation sites excluding steroid dienone is 1. The standard InChI is InChI=1S/C17H13NO/c18-13-16-8-6-14(7-9-16)10-11-17(19)12-15-4-2-1-3-5-15/h1-11H,12H2/b11-10+. The molecule has 0 saturated heterocycles. The van der Waals surface area contributed by atoms with Gasteiger partial charge in [0.2, 0.25) is 0 Å². The molecular weight excluding hydrogens is 234 g/mol. The second-order valence-corrected chi connectivity index (χ2v) is 4.20. The molecule has 0 aliphatic rings. The second-order valence-electron chi connectivity index (χ2n) is 4.20. The van der Waals surface area contributed by atoms with Crippen LogP contribution in [-0.4, -0.2) is 5.78 Å². The molecule has 19 heavy (non-hydrogen) atoms. The van der Waals surface area contributed by atoms with Gasteiger partial charge in [0.1, 0.15) is 0 Å². The maximum Gasteiger partial charge on any atom is 0.160 e. The lowest BCUT2D eigenvalue weighted by Crippen LogP contribution is -1.97. The first kappa shape index (κ1) is 12.8. The van der Waals surface area contributed by atoms with Crippen LogP contribution in [0.3, 0.4) is 0 Å². The smallest absolute Gasteiger partial charge is 0.160 e. The summed E-state index contributed by atoms with van der Waals surface area (Å²) in [6.07, 6.45) is 3.76. The van der Waals surface area contributed by atoms with Gasteiger partial charge in [-0.1, -0.05) is 48.5 Å². The Balaban J connectivity index is 1.98. The fourth-order valence-electron chi connectivity index (χ4n) is 1.71. The van der Waals surface area contributed by atoms with Crippen LogP contribution >= 0.6 is 0 Å². The molecule has 0 N–H and O–H groups in total. The van der Waals surface area contributed by atoms with E-state index < -0.39 is 0 Å². The summed E-state index contributed by atoms with van der Waals surface area (Å²) in [5.74, 6) is 0.0653. The van der Waals surface area contributed by atoms with Crippen LogP contribution in [0.2, 0.25) is 0 Å². The highest BCUT2D eigenvalue weighted by Gasteiger charge is 1.98. The average molecular weight is 247 g/mol. The Hall–Kier alpha value is -2.66. The Morgan fingerprint density at radius 3 is 2.37 bits per heavy atom. The van der Waals surface area contributed by atoms with Gasteiger partial charge < -0.3 is 0 Å². The molecular formula is C17H13NO. The molecule has 2 rings (SSSR count). The van der Waals surface area contributed by atoms with Crippen molar-refractivity contribution in [2.45, 2.75) is 6.42 Å². The van der Waals surface area contributed by atoms with E-state index in [1.165, 1.54) is 0 Å². The number of hydrogen-bond acceptors (Lipinski definition) is 2. The highest BCUT2D eigenvalue weighted by Crippen LogP contribution is 2.06. The van der Waals surface area contributed by atoms with E-state index in [-0.39, 0.29) is 5.78 Å². The van der Waals surface area contributed by atoms with E-state index >= 15 is 0 Å². The zero-order valence-corrected chi connectivity index (χ0v) is 10.4. The number of nitriles is 1. The molecule has 2 aromatic rings. The Kier molecular flexibility index (Phi) is 4.25. The van der Waals surface area contributed by atoms with E-state index in [0.717, 1.165) is 11.1 Å². The molecule has 0 atom stereocenters. The zero-order valence-electron chi connectivity index (χ0n) is 10.4. The second kappa shape index (κ2) is 6.32. The van der Waals surface area contributed by atoms with E-state index in [9.17, 15) is 4.79 Å². The third kappa shape index (κ3) is 3.93. The lowest BCUT2D eigenvalue weighted by molar-refractivity contribution is -0.113. The van der Waals surface area contributed by atoms with Crippen molar-refractivity contribution in [3.05, 3.63) is 77.4 Å². The number of carbonyl (C=O) groups excluding carboxylic acids is 1. The number of ketones is 1. The van der Waals surface area contributed by atoms with Gasteiger partial charge >= 0.3 is 0 Å². The fourth-order valence-corrected chi connectivity index (χ4v) is 1.71. The first-order valence-corrected chi connectivity index (χ1v) is 6.03. The lowest BCUT2D eigenvalue weighted by atomic mass is 10.1. The molecule has 2 heteroatoms. The summed E-state index contributed by atoms with van der Waals surface area (Å²) < 4.78 is 0. The summed E-state index contributed by atoms with van der Waals surface area (Å²) in [5.41, 5.74) is 2.55. The van der Waals surface area contributed by atoms with E-state index in [4.69, 9.17) is 5.26 Å². The van der Waals surface area contributed by atoms with Crippen molar-refractivity contribution in [3.8, 4) is 6.07 Å². The minimum Gasteiger partial charge on any atom is -0.294 e. The largest absolute Gasteiger partial charge is 0.294 e. The van der Waals surface area contributed by atoms with Crippen molar-refractivity contribution in [1.29, 1.82) is 5.26 Å². The van der Waals surface area contributed by atoms with E-state index in [2.05, 4.69) is 6.07 Å². The summed E-state index contributed by atoms with van der Waals surface area (Å²) in [4.78, 5) is 11.8. The summed E-state index contributed by atoms with van der Waals surface area (Å²) in [6, 6.07) is 18.8. The summed E-state index contributed by atoms with van der Waals surface area (Å²) >= 11 is 0. The Bertz CT molecular complexity index is 619. The van der Waals surface area contributed by atoms with Gasteiger partial charge in [0.15, 0.2) is 5.78 Å². The number of benzene rings is 2. The zero-order chi connectivity index (χ0) is 13.5. The highest BCUT2D eigenvalue weighted by molar-refractivity contribution is 5.95. The number of nitrogens with zero attached hydrogens (tertiary/aromatic N) is 1. The van der Waals surface area contributed by atoms with Gasteiger partial charge in [0.25, 0.3) is 0 Å². The van der Waals surface area contributed by atoms with Crippen LogP contribution in [0.4, 0.5) is 0 Å². The van der Waals surface area contributed by atoms with Crippen LogP contribution in [0.1, 0.15) is 16.7 Å². The molecule has 0 radical (unpaired) electrons. The predicted octanol–water partition coefficient (Wildman–Crippen LogP) is 3.38. The third-order valence-electron chi connectivity index (χ3n) is 2.72. The SMILES string of the molecule is N#Cc1ccc(/C=C/C(=O)Cc2ccccc2)cc1. The quantitative estimate of drug-likeness (QED) is 0.777. The van der Waals surface area contributed by atoms with Crippen molar-refractivity contribution < 1.29 is 4.79 Å². The molecule has 2 nitrogen and oxygen atoms in total. The molecule has 0 unspecified atom stereocenters. The fraction of sp³-hybridized carbons (Fsp3) is 0.0588. The van der Waals surface area contributed by atoms with Crippen molar-refractivity contribution in [3.63, 3.8) is 0 Å². The molecule has 2 aromatic carbocycles. The number of carbonyl (C=O) groups is 1. The van der Waals surface area contributed by atoms with Crippen LogP contribution in [0.5, 0.6) is 0 Å². The third-order valence-corrected chi connectivity index (χ3v) is 2.72. The monoisotopic (exact) mass is 247 g/mol. The predicted molar refractivity (Wildman–Crippen MR) is 75.3 cm³/mol. The van der Waals surface area contributed by atoms with Gasteiger partial charge in [-0.25, -0.2) is 0 Å². The molecule has 0 bridgehead atoms. The topological polar surface area (TPSA) is 40.9 Å². The molecule has 0 amide bonds. The van der Waals surface area contributed by atoms with Gasteiger partial charge in [-0.3, -0.25) is 4.79 Å². The molecule has 0 saturated carbocycles.